The lowest BCUT2D eigenvalue weighted by Gasteiger charge is -2.06. The van der Waals surface area contributed by atoms with E-state index < -0.39 is 0 Å². The lowest BCUT2D eigenvalue weighted by molar-refractivity contribution is 0.843. The molecule has 4 nitrogen and oxygen atoms in total. The molecule has 0 saturated heterocycles. The number of nitrogens with zero attached hydrogens (tertiary/aromatic N) is 3. The zero-order valence-electron chi connectivity index (χ0n) is 10.2. The van der Waals surface area contributed by atoms with Crippen molar-refractivity contribution in [2.75, 3.05) is 0 Å². The molecular formula is C13H15N3O. The summed E-state index contributed by atoms with van der Waals surface area (Å²) in [4.78, 5) is 19.9. The summed E-state index contributed by atoms with van der Waals surface area (Å²) >= 11 is 0. The average molecular weight is 229 g/mol. The molecule has 88 valence electrons. The lowest BCUT2D eigenvalue weighted by Crippen LogP contribution is -2.14. The molecule has 2 rings (SSSR count). The number of hydrogen-bond acceptors (Lipinski definition) is 3. The van der Waals surface area contributed by atoms with Crippen LogP contribution in [0.2, 0.25) is 0 Å². The van der Waals surface area contributed by atoms with Crippen LogP contribution in [0.3, 0.4) is 0 Å². The molecule has 0 aliphatic rings. The summed E-state index contributed by atoms with van der Waals surface area (Å²) in [7, 11) is 1.72. The summed E-state index contributed by atoms with van der Waals surface area (Å²) < 4.78 is 1.52. The normalized spacial score (nSPS) is 10.8. The van der Waals surface area contributed by atoms with E-state index in [1.165, 1.54) is 10.6 Å². The van der Waals surface area contributed by atoms with Gasteiger partial charge >= 0.3 is 0 Å². The molecular weight excluding hydrogens is 214 g/mol. The maximum Gasteiger partial charge on any atom is 0.250 e. The molecule has 0 aromatic carbocycles. The monoisotopic (exact) mass is 229 g/mol. The van der Waals surface area contributed by atoms with Crippen LogP contribution in [0.25, 0.3) is 11.4 Å². The second-order valence-corrected chi connectivity index (χ2v) is 4.36. The number of rotatable bonds is 2. The SMILES string of the molecule is CC(C)c1cnc(-c2ccc(=O)n(C)c2)nc1. The Morgan fingerprint density at radius 3 is 2.35 bits per heavy atom. The summed E-state index contributed by atoms with van der Waals surface area (Å²) in [6, 6.07) is 3.27. The Hall–Kier alpha value is -1.97. The first-order chi connectivity index (χ1) is 8.08. The predicted molar refractivity (Wildman–Crippen MR) is 66.8 cm³/mol. The van der Waals surface area contributed by atoms with Gasteiger partial charge in [-0.15, -0.1) is 0 Å². The highest BCUT2D eigenvalue weighted by Gasteiger charge is 2.04. The maximum atomic E-state index is 11.3. The van der Waals surface area contributed by atoms with Crippen molar-refractivity contribution in [2.45, 2.75) is 19.8 Å². The number of hydrogen-bond donors (Lipinski definition) is 0. The van der Waals surface area contributed by atoms with Gasteiger partial charge in [-0.1, -0.05) is 13.8 Å². The summed E-state index contributed by atoms with van der Waals surface area (Å²) in [6.07, 6.45) is 5.41. The Balaban J connectivity index is 2.39. The van der Waals surface area contributed by atoms with E-state index in [0.29, 0.717) is 11.7 Å². The average Bonchev–Trinajstić information content (AvgIpc) is 2.33. The van der Waals surface area contributed by atoms with Crippen molar-refractivity contribution in [3.63, 3.8) is 0 Å². The molecule has 0 atom stereocenters. The van der Waals surface area contributed by atoms with Crippen molar-refractivity contribution in [3.05, 3.63) is 46.6 Å². The molecule has 0 N–H and O–H groups in total. The molecule has 0 bridgehead atoms. The van der Waals surface area contributed by atoms with Crippen molar-refractivity contribution >= 4 is 0 Å². The Bertz CT molecular complexity index is 570. The number of pyridine rings is 1. The third kappa shape index (κ3) is 2.41. The molecule has 0 fully saturated rings. The highest BCUT2D eigenvalue weighted by molar-refractivity contribution is 5.52. The van der Waals surface area contributed by atoms with Gasteiger partial charge in [0, 0.05) is 37.3 Å². The van der Waals surface area contributed by atoms with Crippen LogP contribution < -0.4 is 5.56 Å². The molecule has 0 aliphatic heterocycles. The molecule has 4 heteroatoms. The van der Waals surface area contributed by atoms with Crippen molar-refractivity contribution in [1.29, 1.82) is 0 Å². The van der Waals surface area contributed by atoms with Crippen LogP contribution >= 0.6 is 0 Å². The Morgan fingerprint density at radius 2 is 1.82 bits per heavy atom. The van der Waals surface area contributed by atoms with E-state index in [4.69, 9.17) is 0 Å². The second-order valence-electron chi connectivity index (χ2n) is 4.36. The van der Waals surface area contributed by atoms with Gasteiger partial charge in [0.1, 0.15) is 0 Å². The first kappa shape index (κ1) is 11.5. The summed E-state index contributed by atoms with van der Waals surface area (Å²) in [5.74, 6) is 1.06. The predicted octanol–water partition coefficient (Wildman–Crippen LogP) is 1.97. The van der Waals surface area contributed by atoms with E-state index in [-0.39, 0.29) is 5.56 Å². The fourth-order valence-electron chi connectivity index (χ4n) is 1.51. The van der Waals surface area contributed by atoms with E-state index >= 15 is 0 Å². The zero-order valence-corrected chi connectivity index (χ0v) is 10.2. The largest absolute Gasteiger partial charge is 0.318 e. The van der Waals surface area contributed by atoms with E-state index in [9.17, 15) is 4.79 Å². The van der Waals surface area contributed by atoms with Gasteiger partial charge in [0.15, 0.2) is 5.82 Å². The molecule has 2 heterocycles. The molecule has 17 heavy (non-hydrogen) atoms. The zero-order chi connectivity index (χ0) is 12.4. The van der Waals surface area contributed by atoms with Crippen molar-refractivity contribution < 1.29 is 0 Å². The van der Waals surface area contributed by atoms with E-state index in [0.717, 1.165) is 11.1 Å². The van der Waals surface area contributed by atoms with Crippen LogP contribution in [0.15, 0.2) is 35.5 Å². The van der Waals surface area contributed by atoms with Crippen LogP contribution in [0.1, 0.15) is 25.3 Å². The smallest absolute Gasteiger partial charge is 0.250 e. The second kappa shape index (κ2) is 4.49. The Morgan fingerprint density at radius 1 is 1.18 bits per heavy atom. The molecule has 0 saturated carbocycles. The van der Waals surface area contributed by atoms with Gasteiger partial charge in [0.05, 0.1) is 0 Å². The van der Waals surface area contributed by atoms with Crippen molar-refractivity contribution in [1.82, 2.24) is 14.5 Å². The lowest BCUT2D eigenvalue weighted by atomic mass is 10.1. The van der Waals surface area contributed by atoms with Crippen LogP contribution in [0.5, 0.6) is 0 Å². The fourth-order valence-corrected chi connectivity index (χ4v) is 1.51. The number of aromatic nitrogens is 3. The minimum absolute atomic E-state index is 0.0347. The van der Waals surface area contributed by atoms with Crippen LogP contribution in [0, 0.1) is 0 Å². The first-order valence-corrected chi connectivity index (χ1v) is 5.57. The van der Waals surface area contributed by atoms with Crippen LogP contribution in [-0.2, 0) is 7.05 Å². The molecule has 0 aliphatic carbocycles. The molecule has 2 aromatic heterocycles. The quantitative estimate of drug-likeness (QED) is 0.791. The van der Waals surface area contributed by atoms with Crippen molar-refractivity contribution in [3.8, 4) is 11.4 Å². The van der Waals surface area contributed by atoms with Gasteiger partial charge in [-0.3, -0.25) is 4.79 Å². The van der Waals surface area contributed by atoms with Gasteiger partial charge in [0.25, 0.3) is 0 Å². The van der Waals surface area contributed by atoms with Gasteiger partial charge in [-0.25, -0.2) is 9.97 Å². The Kier molecular flexibility index (Phi) is 3.04. The van der Waals surface area contributed by atoms with Gasteiger partial charge in [0.2, 0.25) is 5.56 Å². The van der Waals surface area contributed by atoms with Crippen LogP contribution in [0.4, 0.5) is 0 Å². The highest BCUT2D eigenvalue weighted by Crippen LogP contribution is 2.15. The van der Waals surface area contributed by atoms with Gasteiger partial charge in [-0.05, 0) is 17.5 Å². The van der Waals surface area contributed by atoms with Crippen LogP contribution in [-0.4, -0.2) is 14.5 Å². The fraction of sp³-hybridized carbons (Fsp3) is 0.308. The molecule has 2 aromatic rings. The molecule has 0 radical (unpaired) electrons. The van der Waals surface area contributed by atoms with Gasteiger partial charge < -0.3 is 4.57 Å². The molecule has 0 spiro atoms. The highest BCUT2D eigenvalue weighted by atomic mass is 16.1. The summed E-state index contributed by atoms with van der Waals surface area (Å²) in [6.45, 7) is 4.20. The molecule has 0 amide bonds. The summed E-state index contributed by atoms with van der Waals surface area (Å²) in [5.41, 5.74) is 1.92. The van der Waals surface area contributed by atoms with E-state index in [1.807, 2.05) is 12.4 Å². The third-order valence-electron chi connectivity index (χ3n) is 2.68. The van der Waals surface area contributed by atoms with Gasteiger partial charge in [-0.2, -0.15) is 0 Å². The minimum atomic E-state index is -0.0347. The molecule has 0 unspecified atom stereocenters. The maximum absolute atomic E-state index is 11.3. The minimum Gasteiger partial charge on any atom is -0.318 e. The topological polar surface area (TPSA) is 47.8 Å². The number of aryl methyl sites for hydroxylation is 1. The standard InChI is InChI=1S/C13H15N3O/c1-9(2)11-6-14-13(15-7-11)10-4-5-12(17)16(3)8-10/h4-9H,1-3H3. The van der Waals surface area contributed by atoms with E-state index in [1.54, 1.807) is 19.3 Å². The first-order valence-electron chi connectivity index (χ1n) is 5.57. The Labute approximate surface area is 100.0 Å². The summed E-state index contributed by atoms with van der Waals surface area (Å²) in [5, 5.41) is 0. The van der Waals surface area contributed by atoms with E-state index in [2.05, 4.69) is 23.8 Å². The third-order valence-corrected chi connectivity index (χ3v) is 2.68. The van der Waals surface area contributed by atoms with Crippen molar-refractivity contribution in [2.24, 2.45) is 7.05 Å².